The SMILES string of the molecule is c1ccc(-c2ccc(N(c3ccc4oc5ccccc5c4c3)c3cccc4c3ccc3ccc5oc6ccccc6c5c34)cc2)cc1. The first-order chi connectivity index (χ1) is 23.3. The summed E-state index contributed by atoms with van der Waals surface area (Å²) in [7, 11) is 0. The molecule has 0 saturated carbocycles. The van der Waals surface area contributed by atoms with Crippen LogP contribution >= 0.6 is 0 Å². The molecule has 0 saturated heterocycles. The predicted molar refractivity (Wildman–Crippen MR) is 196 cm³/mol. The molecule has 0 radical (unpaired) electrons. The van der Waals surface area contributed by atoms with E-state index in [0.29, 0.717) is 0 Å². The molecule has 0 amide bonds. The van der Waals surface area contributed by atoms with Gasteiger partial charge in [0.1, 0.15) is 22.3 Å². The number of para-hydroxylation sites is 2. The topological polar surface area (TPSA) is 29.5 Å². The zero-order valence-electron chi connectivity index (χ0n) is 25.4. The molecule has 0 fully saturated rings. The molecule has 10 rings (SSSR count). The van der Waals surface area contributed by atoms with Gasteiger partial charge in [-0.15, -0.1) is 0 Å². The van der Waals surface area contributed by atoms with Crippen LogP contribution in [0, 0.1) is 0 Å². The lowest BCUT2D eigenvalue weighted by molar-refractivity contribution is 0.668. The average Bonchev–Trinajstić information content (AvgIpc) is 3.71. The van der Waals surface area contributed by atoms with E-state index in [1.165, 1.54) is 32.7 Å². The van der Waals surface area contributed by atoms with Crippen LogP contribution in [0.4, 0.5) is 17.1 Å². The minimum absolute atomic E-state index is 0.882. The number of rotatable bonds is 4. The summed E-state index contributed by atoms with van der Waals surface area (Å²) in [6.45, 7) is 0. The highest BCUT2D eigenvalue weighted by molar-refractivity contribution is 6.28. The zero-order valence-corrected chi connectivity index (χ0v) is 25.4. The number of furan rings is 2. The van der Waals surface area contributed by atoms with Crippen LogP contribution < -0.4 is 4.90 Å². The lowest BCUT2D eigenvalue weighted by atomic mass is 9.96. The molecular weight excluding hydrogens is 574 g/mol. The molecule has 0 aliphatic carbocycles. The summed E-state index contributed by atoms with van der Waals surface area (Å²) in [5.74, 6) is 0. The van der Waals surface area contributed by atoms with Crippen LogP contribution in [0.15, 0.2) is 173 Å². The second kappa shape index (κ2) is 10.1. The summed E-state index contributed by atoms with van der Waals surface area (Å²) < 4.78 is 12.5. The third-order valence-corrected chi connectivity index (χ3v) is 9.45. The van der Waals surface area contributed by atoms with Crippen LogP contribution in [0.2, 0.25) is 0 Å². The Morgan fingerprint density at radius 3 is 1.81 bits per heavy atom. The second-order valence-corrected chi connectivity index (χ2v) is 12.1. The van der Waals surface area contributed by atoms with E-state index < -0.39 is 0 Å². The molecule has 2 heterocycles. The number of hydrogen-bond acceptors (Lipinski definition) is 3. The van der Waals surface area contributed by atoms with Crippen molar-refractivity contribution in [1.29, 1.82) is 0 Å². The standard InChI is InChI=1S/C44H27NO2/c1-2-9-28(10-3-1)29-17-21-31(22-18-29)45(32-23-26-41-37(27-32)34-11-4-6-15-39(34)46-41)38-14-8-13-35-33(38)24-19-30-20-25-42-44(43(30)35)36-12-5-7-16-40(36)47-42/h1-27H. The monoisotopic (exact) mass is 601 g/mol. The van der Waals surface area contributed by atoms with Gasteiger partial charge in [-0.05, 0) is 76.5 Å². The zero-order chi connectivity index (χ0) is 30.9. The summed E-state index contributed by atoms with van der Waals surface area (Å²) in [4.78, 5) is 2.37. The largest absolute Gasteiger partial charge is 0.456 e. The Labute approximate surface area is 270 Å². The Kier molecular flexibility index (Phi) is 5.57. The van der Waals surface area contributed by atoms with E-state index in [2.05, 4.69) is 144 Å². The summed E-state index contributed by atoms with van der Waals surface area (Å²) in [5, 5.41) is 9.27. The molecule has 0 spiro atoms. The van der Waals surface area contributed by atoms with Crippen molar-refractivity contribution in [1.82, 2.24) is 0 Å². The van der Waals surface area contributed by atoms with Gasteiger partial charge >= 0.3 is 0 Å². The summed E-state index contributed by atoms with van der Waals surface area (Å²) >= 11 is 0. The fourth-order valence-corrected chi connectivity index (χ4v) is 7.29. The first-order valence-corrected chi connectivity index (χ1v) is 15.9. The van der Waals surface area contributed by atoms with Gasteiger partial charge in [-0.1, -0.05) is 109 Å². The molecule has 220 valence electrons. The normalized spacial score (nSPS) is 11.8. The Morgan fingerprint density at radius 1 is 0.340 bits per heavy atom. The quantitative estimate of drug-likeness (QED) is 0.188. The van der Waals surface area contributed by atoms with Crippen LogP contribution in [0.3, 0.4) is 0 Å². The van der Waals surface area contributed by atoms with Crippen molar-refractivity contribution in [2.75, 3.05) is 4.90 Å². The number of anilines is 3. The lowest BCUT2D eigenvalue weighted by Crippen LogP contribution is -2.10. The molecule has 0 bridgehead atoms. The fourth-order valence-electron chi connectivity index (χ4n) is 7.29. The molecule has 2 aromatic heterocycles. The maximum atomic E-state index is 6.32. The molecule has 10 aromatic rings. The Hall–Kier alpha value is -6.32. The van der Waals surface area contributed by atoms with Crippen LogP contribution in [0.1, 0.15) is 0 Å². The highest BCUT2D eigenvalue weighted by Gasteiger charge is 2.20. The first-order valence-electron chi connectivity index (χ1n) is 15.9. The molecule has 0 unspecified atom stereocenters. The van der Waals surface area contributed by atoms with Crippen molar-refractivity contribution >= 4 is 82.5 Å². The van der Waals surface area contributed by atoms with Crippen LogP contribution in [0.25, 0.3) is 76.5 Å². The van der Waals surface area contributed by atoms with Gasteiger partial charge in [-0.3, -0.25) is 0 Å². The minimum atomic E-state index is 0.882. The highest BCUT2D eigenvalue weighted by Crippen LogP contribution is 2.45. The van der Waals surface area contributed by atoms with Gasteiger partial charge < -0.3 is 13.7 Å². The average molecular weight is 602 g/mol. The van der Waals surface area contributed by atoms with Crippen molar-refractivity contribution in [2.45, 2.75) is 0 Å². The summed E-state index contributed by atoms with van der Waals surface area (Å²) in [6.07, 6.45) is 0. The van der Waals surface area contributed by atoms with E-state index in [1.54, 1.807) is 0 Å². The number of fused-ring (bicyclic) bond motifs is 10. The maximum absolute atomic E-state index is 6.32. The van der Waals surface area contributed by atoms with Crippen molar-refractivity contribution < 1.29 is 8.83 Å². The molecule has 47 heavy (non-hydrogen) atoms. The lowest BCUT2D eigenvalue weighted by Gasteiger charge is -2.27. The van der Waals surface area contributed by atoms with Gasteiger partial charge in [-0.2, -0.15) is 0 Å². The Balaban J connectivity index is 1.25. The van der Waals surface area contributed by atoms with Crippen molar-refractivity contribution in [3.05, 3.63) is 164 Å². The van der Waals surface area contributed by atoms with Gasteiger partial charge in [0.25, 0.3) is 0 Å². The number of benzene rings is 8. The van der Waals surface area contributed by atoms with E-state index in [1.807, 2.05) is 24.3 Å². The van der Waals surface area contributed by atoms with Gasteiger partial charge in [-0.25, -0.2) is 0 Å². The van der Waals surface area contributed by atoms with Crippen LogP contribution in [0.5, 0.6) is 0 Å². The van der Waals surface area contributed by atoms with E-state index in [-0.39, 0.29) is 0 Å². The minimum Gasteiger partial charge on any atom is -0.456 e. The highest BCUT2D eigenvalue weighted by atomic mass is 16.3. The Bertz CT molecular complexity index is 2790. The molecular formula is C44H27NO2. The third-order valence-electron chi connectivity index (χ3n) is 9.45. The molecule has 0 aliphatic rings. The molecule has 8 aromatic carbocycles. The molecule has 0 N–H and O–H groups in total. The van der Waals surface area contributed by atoms with Crippen LogP contribution in [-0.4, -0.2) is 0 Å². The molecule has 3 heteroatoms. The Morgan fingerprint density at radius 2 is 0.957 bits per heavy atom. The fraction of sp³-hybridized carbons (Fsp3) is 0. The van der Waals surface area contributed by atoms with E-state index in [4.69, 9.17) is 8.83 Å². The second-order valence-electron chi connectivity index (χ2n) is 12.1. The van der Waals surface area contributed by atoms with Gasteiger partial charge in [0.15, 0.2) is 0 Å². The van der Waals surface area contributed by atoms with E-state index >= 15 is 0 Å². The predicted octanol–water partition coefficient (Wildman–Crippen LogP) is 12.9. The van der Waals surface area contributed by atoms with Crippen LogP contribution in [-0.2, 0) is 0 Å². The summed E-state index contributed by atoms with van der Waals surface area (Å²) in [5.41, 5.74) is 9.22. The first kappa shape index (κ1) is 26.0. The van der Waals surface area contributed by atoms with Gasteiger partial charge in [0.2, 0.25) is 0 Å². The number of hydrogen-bond donors (Lipinski definition) is 0. The van der Waals surface area contributed by atoms with E-state index in [9.17, 15) is 0 Å². The summed E-state index contributed by atoms with van der Waals surface area (Å²) in [6, 6.07) is 57.9. The smallest absolute Gasteiger partial charge is 0.136 e. The van der Waals surface area contributed by atoms with Crippen molar-refractivity contribution in [2.24, 2.45) is 0 Å². The van der Waals surface area contributed by atoms with Gasteiger partial charge in [0.05, 0.1) is 5.69 Å². The third kappa shape index (κ3) is 4.00. The number of nitrogens with zero attached hydrogens (tertiary/aromatic N) is 1. The van der Waals surface area contributed by atoms with E-state index in [0.717, 1.165) is 60.9 Å². The van der Waals surface area contributed by atoms with Gasteiger partial charge in [0, 0.05) is 43.7 Å². The molecule has 3 nitrogen and oxygen atoms in total. The van der Waals surface area contributed by atoms with Crippen molar-refractivity contribution in [3.8, 4) is 11.1 Å². The maximum Gasteiger partial charge on any atom is 0.136 e. The van der Waals surface area contributed by atoms with Crippen molar-refractivity contribution in [3.63, 3.8) is 0 Å². The molecule has 0 atom stereocenters. The molecule has 0 aliphatic heterocycles.